The SMILES string of the molecule is C#CC(=O)C1=CC=C(COc2ccccc2)CO1.C=CC(=O)C1=CC=C(COc2ccccc2)CO1.CC(=O)C#CC1=CC=C(COc2ccccc2)CO1.COC(=O)C#CC1=CC=C(COc2ccccc2)CO1.NC(=O)/C=C/C1=CC=C(CO)CO1.NC(=O)C#CC1=CC=C(COc2ccccc2)CO1.O=C(O)/C=C/C1=CC=C(CO)CO1. The van der Waals surface area contributed by atoms with Gasteiger partial charge in [0, 0.05) is 58.8 Å². The van der Waals surface area contributed by atoms with Crippen LogP contribution in [0.1, 0.15) is 6.92 Å². The molecule has 120 heavy (non-hydrogen) atoms. The highest BCUT2D eigenvalue weighted by molar-refractivity contribution is 6.07. The summed E-state index contributed by atoms with van der Waals surface area (Å²) in [5.41, 5.74) is 16.3. The maximum atomic E-state index is 11.3. The van der Waals surface area contributed by atoms with E-state index in [1.165, 1.54) is 38.3 Å². The predicted molar refractivity (Wildman–Crippen MR) is 448 cm³/mol. The van der Waals surface area contributed by atoms with E-state index in [-0.39, 0.29) is 30.5 Å². The second kappa shape index (κ2) is 54.9. The number of aliphatic carboxylic acids is 1. The van der Waals surface area contributed by atoms with Gasteiger partial charge < -0.3 is 88.4 Å². The lowest BCUT2D eigenvalue weighted by atomic mass is 10.2. The number of primary amides is 2. The van der Waals surface area contributed by atoms with E-state index in [2.05, 4.69) is 46.8 Å². The Bertz CT molecular complexity index is 4950. The van der Waals surface area contributed by atoms with Crippen molar-refractivity contribution in [3.63, 3.8) is 0 Å². The fourth-order valence-electron chi connectivity index (χ4n) is 9.02. The fraction of sp³-hybridized carbons (Fsp3) is 0.168. The molecule has 5 aromatic rings. The minimum atomic E-state index is -1.01. The standard InChI is InChI=1S/C16H14O4.C16H14O3.C15H13NO3.C15H14O3.C15H12O3.C9H11NO3.C9H10O4/c1-18-16(17)10-9-15-8-7-13(12-20-15)11-19-14-5-3-2-4-6-14;1-13(17)7-9-16-10-8-14(12-19-16)11-18-15-5-3-2-4-6-15;16-15(17)9-8-14-7-6-12(11-19-14)10-18-13-4-2-1-3-5-13;2*1-2-14(16)15-9-8-12(11-18-15)10-17-13-6-4-3-5-7-13;10-9(12)4-3-8-2-1-7(5-11)6-13-8;10-5-7-1-2-8(13-6-7)3-4-9(11)12/h2-8H,11-12H2,1H3;2-6,8,10H,11-12H2,1H3;1-7H,10-11H2,(H2,16,17);2-9H,1,10-11H2;1,3-9H,10-11H2;1-4,11H,5-6H2,(H2,10,12);1-4,10H,5-6H2,(H,11,12)/b;;;;;2*4-3+. The number of rotatable bonds is 24. The van der Waals surface area contributed by atoms with E-state index < -0.39 is 29.5 Å². The Labute approximate surface area is 695 Å². The predicted octanol–water partition coefficient (Wildman–Crippen LogP) is 11.1. The number of methoxy groups -OCH3 is 1. The number of carbonyl (C=O) groups is 7. The molecule has 12 rings (SSSR count). The highest BCUT2D eigenvalue weighted by Crippen LogP contribution is 2.21. The average molecular weight is 1630 g/mol. The van der Waals surface area contributed by atoms with Crippen LogP contribution in [0.15, 0.2) is 353 Å². The number of nitrogens with two attached hydrogens (primary N) is 2. The lowest BCUT2D eigenvalue weighted by molar-refractivity contribution is -0.134. The topological polar surface area (TPSA) is 352 Å². The molecule has 7 N–H and O–H groups in total. The number of carboxylic acids is 1. The zero-order valence-corrected chi connectivity index (χ0v) is 65.7. The molecule has 0 unspecified atom stereocenters. The van der Waals surface area contributed by atoms with Gasteiger partial charge in [-0.2, -0.15) is 0 Å². The van der Waals surface area contributed by atoms with Crippen molar-refractivity contribution in [2.45, 2.75) is 6.92 Å². The van der Waals surface area contributed by atoms with Gasteiger partial charge in [0.15, 0.2) is 28.8 Å². The number of carbonyl (C=O) groups excluding carboxylic acids is 6. The molecule has 0 aromatic heterocycles. The van der Waals surface area contributed by atoms with Gasteiger partial charge >= 0.3 is 11.9 Å². The molecule has 616 valence electrons. The van der Waals surface area contributed by atoms with Gasteiger partial charge in [-0.1, -0.05) is 140 Å². The third-order valence-electron chi connectivity index (χ3n) is 15.2. The normalized spacial score (nSPS) is 14.1. The molecule has 0 saturated carbocycles. The first kappa shape index (κ1) is 93.2. The van der Waals surface area contributed by atoms with E-state index in [0.717, 1.165) is 73.8 Å². The lowest BCUT2D eigenvalue weighted by Gasteiger charge is -2.15. The number of Topliss-reactive ketones (excluding diaryl/α,β-unsaturated/α-hetero) is 2. The van der Waals surface area contributed by atoms with Crippen molar-refractivity contribution in [2.75, 3.05) is 99.6 Å². The van der Waals surface area contributed by atoms with Crippen LogP contribution in [0.4, 0.5) is 0 Å². The highest BCUT2D eigenvalue weighted by atomic mass is 16.5. The Kier molecular flexibility index (Phi) is 42.7. The molecular weight excluding hydrogens is 1540 g/mol. The lowest BCUT2D eigenvalue weighted by Crippen LogP contribution is -2.14. The van der Waals surface area contributed by atoms with Gasteiger partial charge in [-0.05, 0) is 162 Å². The van der Waals surface area contributed by atoms with Crippen molar-refractivity contribution in [3.8, 4) is 76.6 Å². The largest absolute Gasteiger partial charge is 0.489 e. The summed E-state index contributed by atoms with van der Waals surface area (Å²) < 4.78 is 69.4. The Balaban J connectivity index is 0.000000218. The summed E-state index contributed by atoms with van der Waals surface area (Å²) in [7, 11) is 1.28. The number of benzene rings is 5. The summed E-state index contributed by atoms with van der Waals surface area (Å²) in [5, 5.41) is 25.7. The van der Waals surface area contributed by atoms with Crippen LogP contribution < -0.4 is 35.2 Å². The average Bonchev–Trinajstić information content (AvgIpc) is 0.882. The molecule has 0 spiro atoms. The van der Waals surface area contributed by atoms with E-state index in [0.29, 0.717) is 114 Å². The Morgan fingerprint density at radius 3 is 1.00 bits per heavy atom. The van der Waals surface area contributed by atoms with Gasteiger partial charge in [0.25, 0.3) is 11.7 Å². The molecule has 25 nitrogen and oxygen atoms in total. The Morgan fingerprint density at radius 1 is 0.417 bits per heavy atom. The van der Waals surface area contributed by atoms with Crippen molar-refractivity contribution < 1.29 is 110 Å². The summed E-state index contributed by atoms with van der Waals surface area (Å²) in [6.45, 7) is 9.66. The molecule has 0 bridgehead atoms. The first-order valence-corrected chi connectivity index (χ1v) is 36.6. The number of hydrogen-bond acceptors (Lipinski definition) is 22. The Morgan fingerprint density at radius 2 is 0.733 bits per heavy atom. The third-order valence-corrected chi connectivity index (χ3v) is 15.2. The smallest absolute Gasteiger partial charge is 0.384 e. The molecule has 25 heteroatoms. The number of ketones is 3. The fourth-order valence-corrected chi connectivity index (χ4v) is 9.02. The number of amides is 2. The molecule has 7 aliphatic rings. The number of terminal acetylenes is 1. The van der Waals surface area contributed by atoms with Gasteiger partial charge in [-0.3, -0.25) is 24.0 Å². The van der Waals surface area contributed by atoms with Crippen LogP contribution in [0.3, 0.4) is 0 Å². The number of carboxylic acid groups (broad SMARTS) is 1. The molecule has 7 aliphatic heterocycles. The van der Waals surface area contributed by atoms with Gasteiger partial charge in [0.1, 0.15) is 120 Å². The molecular formula is C95H88N2O23. The molecule has 0 radical (unpaired) electrons. The van der Waals surface area contributed by atoms with Crippen LogP contribution in [0.2, 0.25) is 0 Å². The van der Waals surface area contributed by atoms with Gasteiger partial charge in [0.2, 0.25) is 17.5 Å². The molecule has 0 atom stereocenters. The summed E-state index contributed by atoms with van der Waals surface area (Å²) in [6.07, 6.45) is 35.8. The first-order chi connectivity index (χ1) is 58.3. The highest BCUT2D eigenvalue weighted by Gasteiger charge is 2.16. The van der Waals surface area contributed by atoms with E-state index in [1.54, 1.807) is 60.8 Å². The summed E-state index contributed by atoms with van der Waals surface area (Å²) in [5.74, 6) is 20.3. The van der Waals surface area contributed by atoms with Crippen LogP contribution in [-0.4, -0.2) is 156 Å². The quantitative estimate of drug-likeness (QED) is 0.0126. The second-order valence-electron chi connectivity index (χ2n) is 24.5. The number of hydrogen-bond donors (Lipinski definition) is 5. The monoisotopic (exact) mass is 1620 g/mol. The van der Waals surface area contributed by atoms with Gasteiger partial charge in [-0.25, -0.2) is 9.59 Å². The second-order valence-corrected chi connectivity index (χ2v) is 24.5. The van der Waals surface area contributed by atoms with Crippen molar-refractivity contribution in [1.82, 2.24) is 0 Å². The number of allylic oxidation sites excluding steroid dienone is 21. The van der Waals surface area contributed by atoms with Crippen LogP contribution in [-0.2, 0) is 71.5 Å². The van der Waals surface area contributed by atoms with Crippen LogP contribution in [0.5, 0.6) is 28.7 Å². The Hall–Kier alpha value is -15.7. The zero-order valence-electron chi connectivity index (χ0n) is 65.7. The van der Waals surface area contributed by atoms with Crippen molar-refractivity contribution in [2.24, 2.45) is 11.5 Å². The first-order valence-electron chi connectivity index (χ1n) is 36.6. The minimum Gasteiger partial charge on any atom is -0.489 e. The number of esters is 1. The summed E-state index contributed by atoms with van der Waals surface area (Å²) in [4.78, 5) is 75.0. The van der Waals surface area contributed by atoms with Gasteiger partial charge in [0.05, 0.1) is 20.3 Å². The molecule has 7 heterocycles. The van der Waals surface area contributed by atoms with E-state index in [9.17, 15) is 33.6 Å². The molecule has 0 fully saturated rings. The summed E-state index contributed by atoms with van der Waals surface area (Å²) >= 11 is 0. The maximum Gasteiger partial charge on any atom is 0.384 e. The van der Waals surface area contributed by atoms with Crippen LogP contribution in [0.25, 0.3) is 0 Å². The van der Waals surface area contributed by atoms with Crippen molar-refractivity contribution >= 4 is 41.1 Å². The molecule has 0 aliphatic carbocycles. The zero-order chi connectivity index (χ0) is 86.2. The van der Waals surface area contributed by atoms with Crippen LogP contribution in [0, 0.1) is 47.9 Å². The maximum absolute atomic E-state index is 11.3. The van der Waals surface area contributed by atoms with Crippen molar-refractivity contribution in [3.05, 3.63) is 353 Å². The number of aliphatic hydroxyl groups excluding tert-OH is 2. The molecule has 2 amide bonds. The summed E-state index contributed by atoms with van der Waals surface area (Å²) in [6, 6.07) is 47.8. The molecule has 0 saturated heterocycles. The number of ether oxygens (including phenoxy) is 13. The third kappa shape index (κ3) is 39.9. The molecule has 5 aromatic carbocycles. The number of para-hydroxylation sites is 5. The van der Waals surface area contributed by atoms with E-state index in [4.69, 9.17) is 90.1 Å². The van der Waals surface area contributed by atoms with Gasteiger partial charge in [-0.15, -0.1) is 6.42 Å². The van der Waals surface area contributed by atoms with E-state index >= 15 is 0 Å². The van der Waals surface area contributed by atoms with Crippen molar-refractivity contribution in [1.29, 1.82) is 0 Å². The minimum absolute atomic E-state index is 0.0106. The van der Waals surface area contributed by atoms with E-state index in [1.807, 2.05) is 182 Å². The van der Waals surface area contributed by atoms with Crippen LogP contribution >= 0.6 is 0 Å². The number of aliphatic hydroxyl groups is 2.